The third-order valence-corrected chi connectivity index (χ3v) is 4.12. The molecule has 0 aliphatic rings. The Kier molecular flexibility index (Phi) is 3.50. The van der Waals surface area contributed by atoms with E-state index in [-0.39, 0.29) is 0 Å². The summed E-state index contributed by atoms with van der Waals surface area (Å²) < 4.78 is 1.86. The first-order valence-corrected chi connectivity index (χ1v) is 7.04. The van der Waals surface area contributed by atoms with Gasteiger partial charge in [0, 0.05) is 0 Å². The van der Waals surface area contributed by atoms with Gasteiger partial charge in [-0.25, -0.2) is 4.98 Å². The molecule has 0 bridgehead atoms. The van der Waals surface area contributed by atoms with E-state index in [0.717, 1.165) is 16.6 Å². The average Bonchev–Trinajstić information content (AvgIpc) is 2.72. The molecule has 6 heteroatoms. The number of fused-ring (bicyclic) bond motifs is 1. The fraction of sp³-hybridized carbons (Fsp3) is 0.0714. The van der Waals surface area contributed by atoms with E-state index in [0.29, 0.717) is 27.6 Å². The van der Waals surface area contributed by atoms with E-state index in [2.05, 4.69) is 4.98 Å². The van der Waals surface area contributed by atoms with Crippen LogP contribution in [0.5, 0.6) is 0 Å². The lowest BCUT2D eigenvalue weighted by atomic mass is 10.2. The molecule has 1 heterocycles. The van der Waals surface area contributed by atoms with Gasteiger partial charge < -0.3 is 10.3 Å². The van der Waals surface area contributed by atoms with Crippen molar-refractivity contribution in [3.05, 3.63) is 57.0 Å². The maximum absolute atomic E-state index is 6.23. The van der Waals surface area contributed by atoms with E-state index in [4.69, 9.17) is 40.5 Å². The Labute approximate surface area is 130 Å². The number of hydrogen-bond acceptors (Lipinski definition) is 2. The van der Waals surface area contributed by atoms with Crippen LogP contribution in [0.3, 0.4) is 0 Å². The zero-order chi connectivity index (χ0) is 14.3. The van der Waals surface area contributed by atoms with Crippen molar-refractivity contribution < 1.29 is 0 Å². The van der Waals surface area contributed by atoms with E-state index < -0.39 is 0 Å². The fourth-order valence-electron chi connectivity index (χ4n) is 2.14. The van der Waals surface area contributed by atoms with Gasteiger partial charge in [-0.05, 0) is 29.8 Å². The first-order valence-electron chi connectivity index (χ1n) is 5.90. The summed E-state index contributed by atoms with van der Waals surface area (Å²) in [4.78, 5) is 4.31. The standard InChI is InChI=1S/C14H10Cl3N3/c15-9-5-4-8(6-11(9)17)7-20-13-10(16)2-1-3-12(13)19-14(20)18/h1-6H,7H2,(H2,18,19). The number of nitrogens with two attached hydrogens (primary N) is 1. The molecule has 0 spiro atoms. The van der Waals surface area contributed by atoms with Gasteiger partial charge in [-0.15, -0.1) is 0 Å². The van der Waals surface area contributed by atoms with Crippen LogP contribution in [-0.4, -0.2) is 9.55 Å². The highest BCUT2D eigenvalue weighted by atomic mass is 35.5. The molecule has 0 saturated heterocycles. The van der Waals surface area contributed by atoms with Crippen LogP contribution in [0, 0.1) is 0 Å². The highest BCUT2D eigenvalue weighted by Crippen LogP contribution is 2.28. The summed E-state index contributed by atoms with van der Waals surface area (Å²) in [5.41, 5.74) is 8.54. The molecule has 2 aromatic carbocycles. The second-order valence-electron chi connectivity index (χ2n) is 4.41. The number of imidazole rings is 1. The molecule has 0 saturated carbocycles. The van der Waals surface area contributed by atoms with Crippen LogP contribution >= 0.6 is 34.8 Å². The Hall–Kier alpha value is -1.42. The summed E-state index contributed by atoms with van der Waals surface area (Å²) in [5.74, 6) is 0.416. The number of anilines is 1. The van der Waals surface area contributed by atoms with Gasteiger partial charge in [0.1, 0.15) is 0 Å². The maximum atomic E-state index is 6.23. The lowest BCUT2D eigenvalue weighted by Gasteiger charge is -2.08. The smallest absolute Gasteiger partial charge is 0.201 e. The van der Waals surface area contributed by atoms with E-state index in [9.17, 15) is 0 Å². The number of nitrogen functional groups attached to an aromatic ring is 1. The van der Waals surface area contributed by atoms with Crippen molar-refractivity contribution in [1.82, 2.24) is 9.55 Å². The zero-order valence-corrected chi connectivity index (χ0v) is 12.5. The van der Waals surface area contributed by atoms with Gasteiger partial charge >= 0.3 is 0 Å². The molecule has 0 aliphatic heterocycles. The Bertz CT molecular complexity index is 796. The summed E-state index contributed by atoms with van der Waals surface area (Å²) in [5, 5.41) is 1.65. The summed E-state index contributed by atoms with van der Waals surface area (Å²) in [7, 11) is 0. The first-order chi connectivity index (χ1) is 9.56. The van der Waals surface area contributed by atoms with Crippen molar-refractivity contribution in [3.8, 4) is 0 Å². The van der Waals surface area contributed by atoms with Crippen molar-refractivity contribution in [2.75, 3.05) is 5.73 Å². The van der Waals surface area contributed by atoms with Gasteiger partial charge in [-0.2, -0.15) is 0 Å². The molecule has 20 heavy (non-hydrogen) atoms. The molecule has 0 aliphatic carbocycles. The molecule has 0 amide bonds. The predicted octanol–water partition coefficient (Wildman–Crippen LogP) is 4.63. The van der Waals surface area contributed by atoms with Crippen molar-refractivity contribution >= 4 is 51.8 Å². The third kappa shape index (κ3) is 2.33. The molecule has 102 valence electrons. The van der Waals surface area contributed by atoms with Crippen LogP contribution in [0.15, 0.2) is 36.4 Å². The minimum Gasteiger partial charge on any atom is -0.369 e. The van der Waals surface area contributed by atoms with Crippen LogP contribution in [0.4, 0.5) is 5.95 Å². The average molecular weight is 327 g/mol. The lowest BCUT2D eigenvalue weighted by molar-refractivity contribution is 0.838. The van der Waals surface area contributed by atoms with Crippen molar-refractivity contribution in [3.63, 3.8) is 0 Å². The normalized spacial score (nSPS) is 11.2. The van der Waals surface area contributed by atoms with Crippen molar-refractivity contribution in [2.24, 2.45) is 0 Å². The highest BCUT2D eigenvalue weighted by molar-refractivity contribution is 6.42. The summed E-state index contributed by atoms with van der Waals surface area (Å²) in [6.45, 7) is 0.531. The van der Waals surface area contributed by atoms with Crippen molar-refractivity contribution in [1.29, 1.82) is 0 Å². The molecule has 0 unspecified atom stereocenters. The number of rotatable bonds is 2. The number of aromatic nitrogens is 2. The Balaban J connectivity index is 2.10. The molecule has 1 aromatic heterocycles. The molecule has 2 N–H and O–H groups in total. The van der Waals surface area contributed by atoms with E-state index in [1.807, 2.05) is 34.9 Å². The molecule has 0 radical (unpaired) electrons. The first kappa shape index (κ1) is 13.6. The van der Waals surface area contributed by atoms with Gasteiger partial charge in [0.25, 0.3) is 0 Å². The molecular weight excluding hydrogens is 317 g/mol. The van der Waals surface area contributed by atoms with E-state index in [1.165, 1.54) is 0 Å². The largest absolute Gasteiger partial charge is 0.369 e. The molecule has 3 nitrogen and oxygen atoms in total. The van der Waals surface area contributed by atoms with Crippen LogP contribution in [0.2, 0.25) is 15.1 Å². The van der Waals surface area contributed by atoms with E-state index >= 15 is 0 Å². The summed E-state index contributed by atoms with van der Waals surface area (Å²) >= 11 is 18.2. The zero-order valence-electron chi connectivity index (χ0n) is 10.3. The van der Waals surface area contributed by atoms with Crippen LogP contribution in [0.25, 0.3) is 11.0 Å². The van der Waals surface area contributed by atoms with Gasteiger partial charge in [0.2, 0.25) is 5.95 Å². The van der Waals surface area contributed by atoms with Gasteiger partial charge in [-0.1, -0.05) is 46.9 Å². The molecule has 0 fully saturated rings. The predicted molar refractivity (Wildman–Crippen MR) is 84.7 cm³/mol. The lowest BCUT2D eigenvalue weighted by Crippen LogP contribution is -2.04. The number of nitrogens with zero attached hydrogens (tertiary/aromatic N) is 2. The SMILES string of the molecule is Nc1nc2cccc(Cl)c2n1Cc1ccc(Cl)c(Cl)c1. The Morgan fingerprint density at radius 3 is 2.55 bits per heavy atom. The minimum absolute atomic E-state index is 0.416. The summed E-state index contributed by atoms with van der Waals surface area (Å²) in [6, 6.07) is 11.0. The second-order valence-corrected chi connectivity index (χ2v) is 5.63. The Morgan fingerprint density at radius 2 is 1.80 bits per heavy atom. The van der Waals surface area contributed by atoms with Crippen LogP contribution in [0.1, 0.15) is 5.56 Å². The number of halogens is 3. The molecule has 0 atom stereocenters. The number of benzene rings is 2. The topological polar surface area (TPSA) is 43.8 Å². The quantitative estimate of drug-likeness (QED) is 0.746. The monoisotopic (exact) mass is 325 g/mol. The van der Waals surface area contributed by atoms with Gasteiger partial charge in [0.15, 0.2) is 0 Å². The summed E-state index contributed by atoms with van der Waals surface area (Å²) in [6.07, 6.45) is 0. The third-order valence-electron chi connectivity index (χ3n) is 3.07. The van der Waals surface area contributed by atoms with Gasteiger partial charge in [0.05, 0.1) is 32.6 Å². The van der Waals surface area contributed by atoms with Crippen molar-refractivity contribution in [2.45, 2.75) is 6.54 Å². The molecular formula is C14H10Cl3N3. The highest BCUT2D eigenvalue weighted by Gasteiger charge is 2.12. The van der Waals surface area contributed by atoms with Crippen LogP contribution in [-0.2, 0) is 6.54 Å². The molecule has 3 rings (SSSR count). The van der Waals surface area contributed by atoms with E-state index in [1.54, 1.807) is 6.07 Å². The Morgan fingerprint density at radius 1 is 1.00 bits per heavy atom. The second kappa shape index (κ2) is 5.17. The maximum Gasteiger partial charge on any atom is 0.201 e. The van der Waals surface area contributed by atoms with Gasteiger partial charge in [-0.3, -0.25) is 0 Å². The van der Waals surface area contributed by atoms with Crippen LogP contribution < -0.4 is 5.73 Å². The minimum atomic E-state index is 0.416. The molecule has 3 aromatic rings. The number of para-hydroxylation sites is 1. The fourth-order valence-corrected chi connectivity index (χ4v) is 2.73. The number of hydrogen-bond donors (Lipinski definition) is 1.